The molecule has 0 aliphatic carbocycles. The molecule has 0 bridgehead atoms. The Balaban J connectivity index is 1.91. The standard InChI is InChI=1S/C11H14N2O2/c14-11(13-8-4-5-9-15-13)12-10-6-2-1-3-7-10/h1-3,6-7H,4-5,8-9H2,(H,12,14). The molecule has 1 aliphatic heterocycles. The lowest BCUT2D eigenvalue weighted by atomic mass is 10.3. The number of hydrogen-bond acceptors (Lipinski definition) is 2. The number of para-hydroxylation sites is 1. The van der Waals surface area contributed by atoms with Crippen LogP contribution in [0.2, 0.25) is 0 Å². The second-order valence-corrected chi connectivity index (χ2v) is 3.44. The first-order valence-electron chi connectivity index (χ1n) is 5.13. The van der Waals surface area contributed by atoms with Crippen LogP contribution in [0.4, 0.5) is 10.5 Å². The summed E-state index contributed by atoms with van der Waals surface area (Å²) in [6, 6.07) is 9.18. The number of nitrogens with zero attached hydrogens (tertiary/aromatic N) is 1. The summed E-state index contributed by atoms with van der Waals surface area (Å²) < 4.78 is 0. The van der Waals surface area contributed by atoms with Crippen LogP contribution in [0.1, 0.15) is 12.8 Å². The van der Waals surface area contributed by atoms with Gasteiger partial charge in [-0.15, -0.1) is 0 Å². The number of nitrogens with one attached hydrogen (secondary N) is 1. The van der Waals surface area contributed by atoms with Crippen molar-refractivity contribution in [2.24, 2.45) is 0 Å². The van der Waals surface area contributed by atoms with Gasteiger partial charge in [-0.05, 0) is 25.0 Å². The van der Waals surface area contributed by atoms with E-state index in [-0.39, 0.29) is 6.03 Å². The summed E-state index contributed by atoms with van der Waals surface area (Å²) in [4.78, 5) is 16.9. The molecule has 0 spiro atoms. The molecule has 1 aromatic carbocycles. The molecule has 1 saturated heterocycles. The SMILES string of the molecule is O=C(Nc1ccccc1)N1CCCCO1. The van der Waals surface area contributed by atoms with Crippen LogP contribution in [0.5, 0.6) is 0 Å². The maximum atomic E-state index is 11.7. The summed E-state index contributed by atoms with van der Waals surface area (Å²) in [5.74, 6) is 0. The molecule has 0 saturated carbocycles. The Morgan fingerprint density at radius 1 is 1.27 bits per heavy atom. The first kappa shape index (κ1) is 9.98. The zero-order valence-corrected chi connectivity index (χ0v) is 8.48. The van der Waals surface area contributed by atoms with Crippen LogP contribution in [-0.4, -0.2) is 24.2 Å². The van der Waals surface area contributed by atoms with Crippen molar-refractivity contribution in [3.8, 4) is 0 Å². The van der Waals surface area contributed by atoms with Crippen molar-refractivity contribution >= 4 is 11.7 Å². The van der Waals surface area contributed by atoms with Gasteiger partial charge < -0.3 is 5.32 Å². The molecule has 0 aromatic heterocycles. The normalized spacial score (nSPS) is 16.1. The molecule has 2 rings (SSSR count). The lowest BCUT2D eigenvalue weighted by molar-refractivity contribution is -0.135. The van der Waals surface area contributed by atoms with Gasteiger partial charge >= 0.3 is 6.03 Å². The van der Waals surface area contributed by atoms with Crippen molar-refractivity contribution in [1.29, 1.82) is 0 Å². The number of hydroxylamine groups is 2. The Morgan fingerprint density at radius 3 is 2.73 bits per heavy atom. The molecule has 0 unspecified atom stereocenters. The van der Waals surface area contributed by atoms with E-state index in [1.54, 1.807) is 0 Å². The average Bonchev–Trinajstić information content (AvgIpc) is 2.31. The first-order valence-corrected chi connectivity index (χ1v) is 5.13. The number of carbonyl (C=O) groups is 1. The van der Waals surface area contributed by atoms with E-state index in [1.165, 1.54) is 5.06 Å². The lowest BCUT2D eigenvalue weighted by Crippen LogP contribution is -2.38. The topological polar surface area (TPSA) is 41.6 Å². The van der Waals surface area contributed by atoms with Gasteiger partial charge in [0, 0.05) is 5.69 Å². The lowest BCUT2D eigenvalue weighted by Gasteiger charge is -2.25. The van der Waals surface area contributed by atoms with E-state index >= 15 is 0 Å². The summed E-state index contributed by atoms with van der Waals surface area (Å²) in [5, 5.41) is 4.16. The van der Waals surface area contributed by atoms with Crippen LogP contribution < -0.4 is 5.32 Å². The maximum absolute atomic E-state index is 11.7. The van der Waals surface area contributed by atoms with Crippen LogP contribution in [0.15, 0.2) is 30.3 Å². The van der Waals surface area contributed by atoms with E-state index < -0.39 is 0 Å². The zero-order valence-electron chi connectivity index (χ0n) is 8.48. The van der Waals surface area contributed by atoms with Crippen molar-refractivity contribution in [3.63, 3.8) is 0 Å². The van der Waals surface area contributed by atoms with Gasteiger partial charge in [0.25, 0.3) is 0 Å². The van der Waals surface area contributed by atoms with Gasteiger partial charge in [0.2, 0.25) is 0 Å². The van der Waals surface area contributed by atoms with Crippen LogP contribution in [0.3, 0.4) is 0 Å². The molecule has 1 heterocycles. The molecular formula is C11H14N2O2. The summed E-state index contributed by atoms with van der Waals surface area (Å²) >= 11 is 0. The Kier molecular flexibility index (Phi) is 3.19. The predicted octanol–water partition coefficient (Wildman–Crippen LogP) is 2.25. The van der Waals surface area contributed by atoms with Gasteiger partial charge in [-0.3, -0.25) is 4.84 Å². The molecule has 15 heavy (non-hydrogen) atoms. The van der Waals surface area contributed by atoms with Crippen LogP contribution >= 0.6 is 0 Å². The fraction of sp³-hybridized carbons (Fsp3) is 0.364. The summed E-state index contributed by atoms with van der Waals surface area (Å²) in [6.07, 6.45) is 2.03. The highest BCUT2D eigenvalue weighted by Crippen LogP contribution is 2.10. The minimum absolute atomic E-state index is 0.194. The number of urea groups is 1. The Hall–Kier alpha value is -1.55. The van der Waals surface area contributed by atoms with E-state index in [9.17, 15) is 4.79 Å². The molecule has 2 amide bonds. The maximum Gasteiger partial charge on any atom is 0.345 e. The van der Waals surface area contributed by atoms with Crippen LogP contribution in [0.25, 0.3) is 0 Å². The Bertz CT molecular complexity index is 321. The monoisotopic (exact) mass is 206 g/mol. The second kappa shape index (κ2) is 4.79. The first-order chi connectivity index (χ1) is 7.36. The van der Waals surface area contributed by atoms with Crippen molar-refractivity contribution < 1.29 is 9.63 Å². The predicted molar refractivity (Wildman–Crippen MR) is 57.4 cm³/mol. The highest BCUT2D eigenvalue weighted by atomic mass is 16.7. The van der Waals surface area contributed by atoms with Crippen molar-refractivity contribution in [3.05, 3.63) is 30.3 Å². The largest absolute Gasteiger partial charge is 0.345 e. The second-order valence-electron chi connectivity index (χ2n) is 3.44. The molecule has 1 N–H and O–H groups in total. The zero-order chi connectivity index (χ0) is 10.5. The number of amides is 2. The Labute approximate surface area is 88.8 Å². The molecule has 0 radical (unpaired) electrons. The third kappa shape index (κ3) is 2.70. The van der Waals surface area contributed by atoms with Crippen molar-refractivity contribution in [1.82, 2.24) is 5.06 Å². The molecule has 4 heteroatoms. The van der Waals surface area contributed by atoms with Crippen LogP contribution in [0, 0.1) is 0 Å². The van der Waals surface area contributed by atoms with Gasteiger partial charge in [0.05, 0.1) is 13.2 Å². The van der Waals surface area contributed by atoms with Crippen molar-refractivity contribution in [2.45, 2.75) is 12.8 Å². The van der Waals surface area contributed by atoms with Gasteiger partial charge in [-0.25, -0.2) is 9.86 Å². The number of rotatable bonds is 1. The molecular weight excluding hydrogens is 192 g/mol. The summed E-state index contributed by atoms with van der Waals surface area (Å²) in [5.41, 5.74) is 0.789. The number of carbonyl (C=O) groups excluding carboxylic acids is 1. The van der Waals surface area contributed by atoms with E-state index in [0.29, 0.717) is 13.2 Å². The number of benzene rings is 1. The van der Waals surface area contributed by atoms with E-state index in [4.69, 9.17) is 4.84 Å². The molecule has 1 fully saturated rings. The minimum atomic E-state index is -0.194. The summed E-state index contributed by atoms with van der Waals surface area (Å²) in [7, 11) is 0. The smallest absolute Gasteiger partial charge is 0.306 e. The highest BCUT2D eigenvalue weighted by Gasteiger charge is 2.17. The molecule has 80 valence electrons. The van der Waals surface area contributed by atoms with E-state index in [0.717, 1.165) is 18.5 Å². The summed E-state index contributed by atoms with van der Waals surface area (Å²) in [6.45, 7) is 1.29. The highest BCUT2D eigenvalue weighted by molar-refractivity contribution is 5.88. The van der Waals surface area contributed by atoms with E-state index in [2.05, 4.69) is 5.32 Å². The Morgan fingerprint density at radius 2 is 2.07 bits per heavy atom. The van der Waals surface area contributed by atoms with E-state index in [1.807, 2.05) is 30.3 Å². The fourth-order valence-electron chi connectivity index (χ4n) is 1.46. The molecule has 1 aliphatic rings. The number of hydrogen-bond donors (Lipinski definition) is 1. The van der Waals surface area contributed by atoms with Gasteiger partial charge in [-0.2, -0.15) is 0 Å². The minimum Gasteiger partial charge on any atom is -0.306 e. The van der Waals surface area contributed by atoms with Gasteiger partial charge in [0.15, 0.2) is 0 Å². The quantitative estimate of drug-likeness (QED) is 0.765. The molecule has 0 atom stereocenters. The number of anilines is 1. The van der Waals surface area contributed by atoms with Crippen LogP contribution in [-0.2, 0) is 4.84 Å². The fourth-order valence-corrected chi connectivity index (χ4v) is 1.46. The third-order valence-corrected chi connectivity index (χ3v) is 2.25. The van der Waals surface area contributed by atoms with Gasteiger partial charge in [0.1, 0.15) is 0 Å². The van der Waals surface area contributed by atoms with Crippen molar-refractivity contribution in [2.75, 3.05) is 18.5 Å². The molecule has 1 aromatic rings. The molecule has 4 nitrogen and oxygen atoms in total. The van der Waals surface area contributed by atoms with Gasteiger partial charge in [-0.1, -0.05) is 18.2 Å². The third-order valence-electron chi connectivity index (χ3n) is 2.25. The average molecular weight is 206 g/mol.